The van der Waals surface area contributed by atoms with Crippen LogP contribution >= 0.6 is 11.3 Å². The summed E-state index contributed by atoms with van der Waals surface area (Å²) in [6.07, 6.45) is 0. The number of thiophene rings is 1. The van der Waals surface area contributed by atoms with E-state index in [9.17, 15) is 14.7 Å². The van der Waals surface area contributed by atoms with Crippen LogP contribution in [0, 0.1) is 0 Å². The highest BCUT2D eigenvalue weighted by Crippen LogP contribution is 2.35. The molecule has 1 amide bonds. The molecule has 2 aromatic rings. The van der Waals surface area contributed by atoms with Gasteiger partial charge in [-0.25, -0.2) is 0 Å². The van der Waals surface area contributed by atoms with Crippen LogP contribution < -0.4 is 15.2 Å². The number of rotatable bonds is 4. The monoisotopic (exact) mass is 290 g/mol. The Morgan fingerprint density at radius 2 is 1.90 bits per heavy atom. The van der Waals surface area contributed by atoms with Crippen LogP contribution in [0.4, 0.5) is 5.00 Å². The lowest BCUT2D eigenvalue weighted by atomic mass is 10.0. The minimum absolute atomic E-state index is 0.00429. The van der Waals surface area contributed by atoms with Crippen LogP contribution in [0.5, 0.6) is 5.75 Å². The van der Waals surface area contributed by atoms with E-state index in [1.165, 1.54) is 6.92 Å². The number of nitrogens with one attached hydrogen (secondary N) is 1. The average Bonchev–Trinajstić information content (AvgIpc) is 2.81. The van der Waals surface area contributed by atoms with Crippen LogP contribution in [-0.4, -0.2) is 19.0 Å². The highest BCUT2D eigenvalue weighted by Gasteiger charge is 2.15. The molecule has 0 saturated heterocycles. The Labute approximate surface area is 119 Å². The van der Waals surface area contributed by atoms with Crippen molar-refractivity contribution in [3.63, 3.8) is 0 Å². The quantitative estimate of drug-likeness (QED) is 0.930. The van der Waals surface area contributed by atoms with E-state index in [1.54, 1.807) is 36.8 Å². The Kier molecular flexibility index (Phi) is 4.05. The molecular weight excluding hydrogens is 278 g/mol. The van der Waals surface area contributed by atoms with Gasteiger partial charge in [0.25, 0.3) is 0 Å². The van der Waals surface area contributed by atoms with E-state index < -0.39 is 5.97 Å². The number of carboxylic acid groups (broad SMARTS) is 1. The number of carbonyl (C=O) groups excluding carboxylic acids is 2. The molecular formula is C14H12NO4S-. The first-order valence-corrected chi connectivity index (χ1v) is 6.65. The summed E-state index contributed by atoms with van der Waals surface area (Å²) in [4.78, 5) is 22.4. The standard InChI is InChI=1S/C14H13NO4S/c1-8(16)15-13-12(14(17)18)11(7-20-13)9-3-5-10(19-2)6-4-9/h3-7H,1-2H3,(H,15,16)(H,17,18)/p-1. The summed E-state index contributed by atoms with van der Waals surface area (Å²) in [5, 5.41) is 15.8. The predicted molar refractivity (Wildman–Crippen MR) is 74.9 cm³/mol. The van der Waals surface area contributed by atoms with Gasteiger partial charge in [-0.15, -0.1) is 11.3 Å². The van der Waals surface area contributed by atoms with Crippen molar-refractivity contribution in [1.82, 2.24) is 0 Å². The van der Waals surface area contributed by atoms with Gasteiger partial charge in [-0.05, 0) is 17.7 Å². The van der Waals surface area contributed by atoms with Crippen molar-refractivity contribution in [3.05, 3.63) is 35.2 Å². The number of benzene rings is 1. The Hall–Kier alpha value is -2.34. The average molecular weight is 290 g/mol. The number of hydrogen-bond donors (Lipinski definition) is 1. The van der Waals surface area contributed by atoms with E-state index in [0.29, 0.717) is 11.3 Å². The molecule has 0 spiro atoms. The van der Waals surface area contributed by atoms with E-state index in [2.05, 4.69) is 5.32 Å². The van der Waals surface area contributed by atoms with Crippen LogP contribution in [0.1, 0.15) is 17.3 Å². The summed E-state index contributed by atoms with van der Waals surface area (Å²) in [7, 11) is 1.56. The predicted octanol–water partition coefficient (Wildman–Crippen LogP) is 1.75. The molecule has 0 atom stereocenters. The molecule has 0 fully saturated rings. The molecule has 1 N–H and O–H groups in total. The van der Waals surface area contributed by atoms with Crippen molar-refractivity contribution in [2.45, 2.75) is 6.92 Å². The molecule has 0 radical (unpaired) electrons. The summed E-state index contributed by atoms with van der Waals surface area (Å²) in [6, 6.07) is 6.99. The highest BCUT2D eigenvalue weighted by atomic mass is 32.1. The maximum Gasteiger partial charge on any atom is 0.221 e. The number of aromatic carboxylic acids is 1. The lowest BCUT2D eigenvalue weighted by Gasteiger charge is -2.09. The highest BCUT2D eigenvalue weighted by molar-refractivity contribution is 7.15. The zero-order chi connectivity index (χ0) is 14.7. The molecule has 104 valence electrons. The largest absolute Gasteiger partial charge is 0.545 e. The first-order chi connectivity index (χ1) is 9.52. The van der Waals surface area contributed by atoms with Crippen molar-refractivity contribution >= 4 is 28.2 Å². The van der Waals surface area contributed by atoms with Gasteiger partial charge < -0.3 is 20.0 Å². The van der Waals surface area contributed by atoms with Crippen molar-refractivity contribution in [1.29, 1.82) is 0 Å². The van der Waals surface area contributed by atoms with Crippen molar-refractivity contribution < 1.29 is 19.4 Å². The third-order valence-electron chi connectivity index (χ3n) is 2.69. The molecule has 20 heavy (non-hydrogen) atoms. The molecule has 1 aromatic heterocycles. The summed E-state index contributed by atoms with van der Waals surface area (Å²) in [5.41, 5.74) is 1.23. The van der Waals surface area contributed by atoms with Crippen LogP contribution in [0.3, 0.4) is 0 Å². The lowest BCUT2D eigenvalue weighted by molar-refractivity contribution is -0.254. The van der Waals surface area contributed by atoms with Gasteiger partial charge in [0.2, 0.25) is 5.91 Å². The Morgan fingerprint density at radius 3 is 2.40 bits per heavy atom. The molecule has 0 unspecified atom stereocenters. The first kappa shape index (κ1) is 14.1. The number of carbonyl (C=O) groups is 2. The normalized spacial score (nSPS) is 10.1. The Balaban J connectivity index is 2.47. The molecule has 0 aliphatic carbocycles. The van der Waals surface area contributed by atoms with Gasteiger partial charge in [0.1, 0.15) is 10.8 Å². The second-order valence-corrected chi connectivity index (χ2v) is 4.93. The van der Waals surface area contributed by atoms with Gasteiger partial charge in [0.05, 0.1) is 13.1 Å². The molecule has 1 heterocycles. The zero-order valence-corrected chi connectivity index (χ0v) is 11.7. The Bertz CT molecular complexity index is 646. The van der Waals surface area contributed by atoms with Gasteiger partial charge in [-0.2, -0.15) is 0 Å². The van der Waals surface area contributed by atoms with Crippen molar-refractivity contribution in [2.75, 3.05) is 12.4 Å². The van der Waals surface area contributed by atoms with Gasteiger partial charge >= 0.3 is 0 Å². The molecule has 0 aliphatic heterocycles. The summed E-state index contributed by atoms with van der Waals surface area (Å²) in [6.45, 7) is 1.33. The fourth-order valence-corrected chi connectivity index (χ4v) is 2.80. The fraction of sp³-hybridized carbons (Fsp3) is 0.143. The second-order valence-electron chi connectivity index (χ2n) is 4.05. The van der Waals surface area contributed by atoms with E-state index in [-0.39, 0.29) is 16.5 Å². The van der Waals surface area contributed by atoms with Crippen LogP contribution in [0.15, 0.2) is 29.6 Å². The summed E-state index contributed by atoms with van der Waals surface area (Å²) >= 11 is 1.15. The smallest absolute Gasteiger partial charge is 0.221 e. The first-order valence-electron chi connectivity index (χ1n) is 5.77. The molecule has 0 aliphatic rings. The number of methoxy groups -OCH3 is 1. The van der Waals surface area contributed by atoms with Crippen LogP contribution in [0.25, 0.3) is 11.1 Å². The Morgan fingerprint density at radius 1 is 1.25 bits per heavy atom. The van der Waals surface area contributed by atoms with E-state index in [4.69, 9.17) is 4.74 Å². The van der Waals surface area contributed by atoms with E-state index >= 15 is 0 Å². The van der Waals surface area contributed by atoms with Crippen molar-refractivity contribution in [2.24, 2.45) is 0 Å². The molecule has 0 saturated carbocycles. The number of ether oxygens (including phenoxy) is 1. The molecule has 2 rings (SSSR count). The van der Waals surface area contributed by atoms with E-state index in [0.717, 1.165) is 16.9 Å². The van der Waals surface area contributed by atoms with E-state index in [1.807, 2.05) is 0 Å². The van der Waals surface area contributed by atoms with Crippen molar-refractivity contribution in [3.8, 4) is 16.9 Å². The molecule has 1 aromatic carbocycles. The second kappa shape index (κ2) is 5.75. The zero-order valence-electron chi connectivity index (χ0n) is 10.9. The lowest BCUT2D eigenvalue weighted by Crippen LogP contribution is -2.24. The number of hydrogen-bond acceptors (Lipinski definition) is 5. The fourth-order valence-electron chi connectivity index (χ4n) is 1.80. The van der Waals surface area contributed by atoms with Gasteiger partial charge in [0, 0.05) is 23.4 Å². The molecule has 6 heteroatoms. The third-order valence-corrected chi connectivity index (χ3v) is 3.58. The summed E-state index contributed by atoms with van der Waals surface area (Å²) < 4.78 is 5.06. The number of anilines is 1. The third kappa shape index (κ3) is 2.80. The SMILES string of the molecule is COc1ccc(-c2csc(NC(C)=O)c2C(=O)[O-])cc1. The maximum atomic E-state index is 11.3. The maximum absolute atomic E-state index is 11.3. The van der Waals surface area contributed by atoms with Gasteiger partial charge in [-0.3, -0.25) is 4.79 Å². The number of amides is 1. The minimum atomic E-state index is -1.32. The van der Waals surface area contributed by atoms with Crippen LogP contribution in [-0.2, 0) is 4.79 Å². The van der Waals surface area contributed by atoms with Gasteiger partial charge in [0.15, 0.2) is 0 Å². The minimum Gasteiger partial charge on any atom is -0.545 e. The van der Waals surface area contributed by atoms with Crippen LogP contribution in [0.2, 0.25) is 0 Å². The topological polar surface area (TPSA) is 78.5 Å². The van der Waals surface area contributed by atoms with Gasteiger partial charge in [-0.1, -0.05) is 12.1 Å². The molecule has 5 nitrogen and oxygen atoms in total. The molecule has 0 bridgehead atoms. The summed E-state index contributed by atoms with van der Waals surface area (Å²) in [5.74, 6) is -0.961. The number of carboxylic acids is 1.